The number of hydrogen-bond donors (Lipinski definition) is 2. The second-order valence-electron chi connectivity index (χ2n) is 8.44. The number of pyridine rings is 1. The van der Waals surface area contributed by atoms with Gasteiger partial charge in [0.1, 0.15) is 17.1 Å². The zero-order valence-corrected chi connectivity index (χ0v) is 19.0. The molecular weight excluding hydrogens is 418 g/mol. The summed E-state index contributed by atoms with van der Waals surface area (Å²) in [5, 5.41) is 7.10. The van der Waals surface area contributed by atoms with Crippen molar-refractivity contribution in [1.29, 1.82) is 0 Å². The van der Waals surface area contributed by atoms with Gasteiger partial charge in [-0.15, -0.1) is 0 Å². The Bertz CT molecular complexity index is 1160. The van der Waals surface area contributed by atoms with Crippen LogP contribution in [-0.2, 0) is 4.79 Å². The summed E-state index contributed by atoms with van der Waals surface area (Å²) < 4.78 is 7.34. The highest BCUT2D eigenvalue weighted by molar-refractivity contribution is 5.95. The molecule has 1 aliphatic rings. The van der Waals surface area contributed by atoms with Gasteiger partial charge in [-0.2, -0.15) is 5.10 Å². The summed E-state index contributed by atoms with van der Waals surface area (Å²) in [4.78, 5) is 29.1. The van der Waals surface area contributed by atoms with E-state index in [9.17, 15) is 9.59 Å². The van der Waals surface area contributed by atoms with E-state index in [0.29, 0.717) is 17.1 Å². The average Bonchev–Trinajstić information content (AvgIpc) is 3.14. The number of aryl methyl sites for hydroxylation is 2. The number of carbonyl (C=O) groups is 2. The van der Waals surface area contributed by atoms with E-state index >= 15 is 0 Å². The predicted molar refractivity (Wildman–Crippen MR) is 127 cm³/mol. The lowest BCUT2D eigenvalue weighted by molar-refractivity contribution is -0.124. The third-order valence-corrected chi connectivity index (χ3v) is 5.77. The highest BCUT2D eigenvalue weighted by Crippen LogP contribution is 2.17. The van der Waals surface area contributed by atoms with Gasteiger partial charge in [0.15, 0.2) is 6.61 Å². The maximum atomic E-state index is 12.6. The first-order valence-electron chi connectivity index (χ1n) is 11.3. The number of hydrogen-bond acceptors (Lipinski definition) is 5. The summed E-state index contributed by atoms with van der Waals surface area (Å²) >= 11 is 0. The fraction of sp³-hybridized carbons (Fsp3) is 0.360. The van der Waals surface area contributed by atoms with E-state index in [0.717, 1.165) is 29.6 Å². The maximum Gasteiger partial charge on any atom is 0.290 e. The van der Waals surface area contributed by atoms with Crippen molar-refractivity contribution in [3.63, 3.8) is 0 Å². The number of nitrogens with zero attached hydrogens (tertiary/aromatic N) is 3. The fourth-order valence-corrected chi connectivity index (χ4v) is 4.07. The minimum Gasteiger partial charge on any atom is -0.484 e. The Hall–Kier alpha value is -3.68. The van der Waals surface area contributed by atoms with E-state index in [-0.39, 0.29) is 24.5 Å². The molecular formula is C25H29N5O3. The SMILES string of the molecule is Cc1ccn2c(C(=O)N/N=C\c3ccc(OCC(=O)NC4CCCCC4)cc3)c(C)nc2c1. The van der Waals surface area contributed by atoms with Gasteiger partial charge < -0.3 is 10.1 Å². The molecule has 0 bridgehead atoms. The van der Waals surface area contributed by atoms with E-state index in [2.05, 4.69) is 20.8 Å². The number of rotatable bonds is 7. The molecule has 2 amide bonds. The molecule has 172 valence electrons. The topological polar surface area (TPSA) is 97.1 Å². The van der Waals surface area contributed by atoms with Gasteiger partial charge in [-0.05, 0) is 74.2 Å². The molecule has 0 spiro atoms. The number of carbonyl (C=O) groups excluding carboxylic acids is 2. The second kappa shape index (κ2) is 10.3. The summed E-state index contributed by atoms with van der Waals surface area (Å²) in [6.45, 7) is 3.78. The van der Waals surface area contributed by atoms with Crippen molar-refractivity contribution < 1.29 is 14.3 Å². The lowest BCUT2D eigenvalue weighted by atomic mass is 9.95. The maximum absolute atomic E-state index is 12.6. The quantitative estimate of drug-likeness (QED) is 0.428. The van der Waals surface area contributed by atoms with Crippen LogP contribution in [0.25, 0.3) is 5.65 Å². The zero-order valence-electron chi connectivity index (χ0n) is 19.0. The van der Waals surface area contributed by atoms with Crippen LogP contribution in [0, 0.1) is 13.8 Å². The molecule has 2 heterocycles. The van der Waals surface area contributed by atoms with E-state index in [1.807, 2.05) is 37.4 Å². The van der Waals surface area contributed by atoms with Gasteiger partial charge >= 0.3 is 0 Å². The van der Waals surface area contributed by atoms with Crippen molar-refractivity contribution >= 4 is 23.7 Å². The smallest absolute Gasteiger partial charge is 0.290 e. The van der Waals surface area contributed by atoms with Crippen LogP contribution >= 0.6 is 0 Å². The number of aromatic nitrogens is 2. The highest BCUT2D eigenvalue weighted by Gasteiger charge is 2.17. The molecule has 0 aliphatic heterocycles. The van der Waals surface area contributed by atoms with Gasteiger partial charge in [0, 0.05) is 12.2 Å². The van der Waals surface area contributed by atoms with Crippen molar-refractivity contribution in [2.24, 2.45) is 5.10 Å². The van der Waals surface area contributed by atoms with Crippen LogP contribution in [-0.4, -0.2) is 40.1 Å². The molecule has 2 N–H and O–H groups in total. The van der Waals surface area contributed by atoms with Crippen LogP contribution in [0.3, 0.4) is 0 Å². The Morgan fingerprint density at radius 2 is 1.91 bits per heavy atom. The van der Waals surface area contributed by atoms with Gasteiger partial charge in [-0.3, -0.25) is 14.0 Å². The zero-order chi connectivity index (χ0) is 23.2. The molecule has 1 fully saturated rings. The first kappa shape index (κ1) is 22.5. The molecule has 0 radical (unpaired) electrons. The summed E-state index contributed by atoms with van der Waals surface area (Å²) in [5.41, 5.74) is 6.25. The number of nitrogens with one attached hydrogen (secondary N) is 2. The second-order valence-corrected chi connectivity index (χ2v) is 8.44. The molecule has 0 unspecified atom stereocenters. The van der Waals surface area contributed by atoms with E-state index < -0.39 is 0 Å². The molecule has 0 saturated heterocycles. The molecule has 1 aliphatic carbocycles. The molecule has 1 saturated carbocycles. The summed E-state index contributed by atoms with van der Waals surface area (Å²) in [6, 6.07) is 11.3. The molecule has 0 atom stereocenters. The van der Waals surface area contributed by atoms with Crippen molar-refractivity contribution in [2.75, 3.05) is 6.61 Å². The fourth-order valence-electron chi connectivity index (χ4n) is 4.07. The van der Waals surface area contributed by atoms with Gasteiger partial charge in [0.2, 0.25) is 0 Å². The van der Waals surface area contributed by atoms with Crippen LogP contribution in [0.1, 0.15) is 59.4 Å². The Kier molecular flexibility index (Phi) is 7.02. The van der Waals surface area contributed by atoms with Crippen LogP contribution in [0.4, 0.5) is 0 Å². The monoisotopic (exact) mass is 447 g/mol. The summed E-state index contributed by atoms with van der Waals surface area (Å²) in [5.74, 6) is 0.184. The van der Waals surface area contributed by atoms with E-state index in [1.54, 1.807) is 29.7 Å². The number of hydrazone groups is 1. The highest BCUT2D eigenvalue weighted by atomic mass is 16.5. The van der Waals surface area contributed by atoms with Crippen LogP contribution in [0.5, 0.6) is 5.75 Å². The molecule has 33 heavy (non-hydrogen) atoms. The largest absolute Gasteiger partial charge is 0.484 e. The van der Waals surface area contributed by atoms with E-state index in [1.165, 1.54) is 19.3 Å². The van der Waals surface area contributed by atoms with Crippen molar-refractivity contribution in [3.05, 3.63) is 65.1 Å². The molecule has 4 rings (SSSR count). The van der Waals surface area contributed by atoms with Crippen molar-refractivity contribution in [3.8, 4) is 5.75 Å². The minimum absolute atomic E-state index is 0.00181. The molecule has 8 nitrogen and oxygen atoms in total. The van der Waals surface area contributed by atoms with Crippen molar-refractivity contribution in [1.82, 2.24) is 20.1 Å². The lowest BCUT2D eigenvalue weighted by Crippen LogP contribution is -2.38. The van der Waals surface area contributed by atoms with Crippen LogP contribution < -0.4 is 15.5 Å². The van der Waals surface area contributed by atoms with Gasteiger partial charge in [-0.1, -0.05) is 19.3 Å². The Balaban J connectivity index is 1.28. The Labute approximate surface area is 193 Å². The third kappa shape index (κ3) is 5.77. The van der Waals surface area contributed by atoms with Gasteiger partial charge in [0.05, 0.1) is 11.9 Å². The minimum atomic E-state index is -0.330. The van der Waals surface area contributed by atoms with E-state index in [4.69, 9.17) is 4.74 Å². The number of amides is 2. The molecule has 3 aromatic rings. The first-order valence-corrected chi connectivity index (χ1v) is 11.3. The first-order chi connectivity index (χ1) is 16.0. The van der Waals surface area contributed by atoms with Crippen LogP contribution in [0.2, 0.25) is 0 Å². The number of ether oxygens (including phenoxy) is 1. The molecule has 8 heteroatoms. The molecule has 1 aromatic carbocycles. The van der Waals surface area contributed by atoms with Crippen molar-refractivity contribution in [2.45, 2.75) is 52.0 Å². The number of imidazole rings is 1. The van der Waals surface area contributed by atoms with Gasteiger partial charge in [-0.25, -0.2) is 10.4 Å². The number of benzene rings is 1. The average molecular weight is 448 g/mol. The third-order valence-electron chi connectivity index (χ3n) is 5.77. The van der Waals surface area contributed by atoms with Gasteiger partial charge in [0.25, 0.3) is 11.8 Å². The number of fused-ring (bicyclic) bond motifs is 1. The molecule has 2 aromatic heterocycles. The predicted octanol–water partition coefficient (Wildman–Crippen LogP) is 3.54. The Morgan fingerprint density at radius 3 is 2.67 bits per heavy atom. The normalized spacial score (nSPS) is 14.5. The Morgan fingerprint density at radius 1 is 1.15 bits per heavy atom. The van der Waals surface area contributed by atoms with Crippen LogP contribution in [0.15, 0.2) is 47.7 Å². The standard InChI is InChI=1S/C25H29N5O3/c1-17-12-13-30-22(14-17)27-18(2)24(30)25(32)29-26-15-19-8-10-21(11-9-19)33-16-23(31)28-20-6-4-3-5-7-20/h8-15,20H,3-7,16H2,1-2H3,(H,28,31)(H,29,32)/b26-15-. The summed E-state index contributed by atoms with van der Waals surface area (Å²) in [6.07, 6.45) is 9.08. The summed E-state index contributed by atoms with van der Waals surface area (Å²) in [7, 11) is 0. The lowest BCUT2D eigenvalue weighted by Gasteiger charge is -2.22.